The summed E-state index contributed by atoms with van der Waals surface area (Å²) in [5, 5.41) is 8.68. The van der Waals surface area contributed by atoms with E-state index < -0.39 is 0 Å². The third-order valence-electron chi connectivity index (χ3n) is 3.20. The molecular weight excluding hydrogens is 216 g/mol. The maximum atomic E-state index is 8.68. The van der Waals surface area contributed by atoms with Crippen LogP contribution in [0.1, 0.15) is 59.3 Å². The zero-order chi connectivity index (χ0) is 12.7. The fourth-order valence-corrected chi connectivity index (χ4v) is 2.52. The molecule has 3 heteroatoms. The van der Waals surface area contributed by atoms with E-state index in [9.17, 15) is 0 Å². The van der Waals surface area contributed by atoms with E-state index in [0.717, 1.165) is 32.3 Å². The first-order valence-corrected chi connectivity index (χ1v) is 6.98. The number of rotatable bonds is 8. The monoisotopic (exact) mass is 244 g/mol. The number of aliphatic hydroxyl groups excluding tert-OH is 1. The normalized spacial score (nSPS) is 29.1. The van der Waals surface area contributed by atoms with Gasteiger partial charge in [-0.15, -0.1) is 0 Å². The Morgan fingerprint density at radius 1 is 1.24 bits per heavy atom. The third-order valence-corrected chi connectivity index (χ3v) is 3.20. The number of ether oxygens (including phenoxy) is 2. The lowest BCUT2D eigenvalue weighted by Gasteiger charge is -2.25. The maximum absolute atomic E-state index is 8.68. The summed E-state index contributed by atoms with van der Waals surface area (Å²) in [4.78, 5) is 0. The molecule has 0 amide bonds. The molecule has 1 N–H and O–H groups in total. The third kappa shape index (κ3) is 5.84. The summed E-state index contributed by atoms with van der Waals surface area (Å²) in [7, 11) is 0. The average molecular weight is 244 g/mol. The van der Waals surface area contributed by atoms with Gasteiger partial charge in [0.2, 0.25) is 0 Å². The van der Waals surface area contributed by atoms with Crippen molar-refractivity contribution in [3.05, 3.63) is 0 Å². The first-order chi connectivity index (χ1) is 8.06. The van der Waals surface area contributed by atoms with E-state index in [2.05, 4.69) is 20.8 Å². The van der Waals surface area contributed by atoms with Crippen LogP contribution in [0.15, 0.2) is 0 Å². The van der Waals surface area contributed by atoms with Crippen LogP contribution in [0.4, 0.5) is 0 Å². The van der Waals surface area contributed by atoms with Crippen molar-refractivity contribution < 1.29 is 14.6 Å². The highest BCUT2D eigenvalue weighted by molar-refractivity contribution is 4.76. The molecule has 1 aliphatic rings. The second kappa shape index (κ2) is 7.34. The second-order valence-corrected chi connectivity index (χ2v) is 5.71. The smallest absolute Gasteiger partial charge is 0.166 e. The molecule has 102 valence electrons. The van der Waals surface area contributed by atoms with Gasteiger partial charge in [0.05, 0.1) is 12.7 Å². The molecule has 17 heavy (non-hydrogen) atoms. The van der Waals surface area contributed by atoms with Gasteiger partial charge in [0, 0.05) is 13.0 Å². The molecular formula is C14H28O3. The first-order valence-electron chi connectivity index (χ1n) is 6.98. The van der Waals surface area contributed by atoms with Crippen LogP contribution in [0.25, 0.3) is 0 Å². The van der Waals surface area contributed by atoms with E-state index in [1.807, 2.05) is 0 Å². The highest BCUT2D eigenvalue weighted by Crippen LogP contribution is 2.31. The molecule has 1 saturated heterocycles. The Kier molecular flexibility index (Phi) is 6.45. The molecule has 0 aromatic heterocycles. The molecule has 1 heterocycles. The Hall–Kier alpha value is -0.120. The lowest BCUT2D eigenvalue weighted by Crippen LogP contribution is -2.28. The lowest BCUT2D eigenvalue weighted by atomic mass is 10.0. The highest BCUT2D eigenvalue weighted by atomic mass is 16.7. The minimum absolute atomic E-state index is 0.271. The number of hydrogen-bond acceptors (Lipinski definition) is 3. The van der Waals surface area contributed by atoms with E-state index in [-0.39, 0.29) is 11.9 Å². The topological polar surface area (TPSA) is 38.7 Å². The van der Waals surface area contributed by atoms with Crippen molar-refractivity contribution in [1.29, 1.82) is 0 Å². The molecule has 0 spiro atoms. The molecule has 0 aromatic carbocycles. The minimum atomic E-state index is -0.357. The summed E-state index contributed by atoms with van der Waals surface area (Å²) >= 11 is 0. The minimum Gasteiger partial charge on any atom is -0.396 e. The van der Waals surface area contributed by atoms with Crippen LogP contribution in [-0.4, -0.2) is 30.2 Å². The Balaban J connectivity index is 2.12. The Morgan fingerprint density at radius 3 is 2.59 bits per heavy atom. The van der Waals surface area contributed by atoms with Gasteiger partial charge >= 0.3 is 0 Å². The Labute approximate surface area is 105 Å². The van der Waals surface area contributed by atoms with Crippen LogP contribution in [0, 0.1) is 5.92 Å². The van der Waals surface area contributed by atoms with Crippen molar-refractivity contribution in [2.75, 3.05) is 13.2 Å². The molecule has 0 radical (unpaired) electrons. The van der Waals surface area contributed by atoms with Gasteiger partial charge in [-0.2, -0.15) is 0 Å². The molecule has 2 atom stereocenters. The molecule has 1 rings (SSSR count). The van der Waals surface area contributed by atoms with Crippen molar-refractivity contribution in [3.8, 4) is 0 Å². The van der Waals surface area contributed by atoms with E-state index in [1.54, 1.807) is 0 Å². The summed E-state index contributed by atoms with van der Waals surface area (Å²) in [6.45, 7) is 7.50. The van der Waals surface area contributed by atoms with Crippen molar-refractivity contribution in [2.45, 2.75) is 71.2 Å². The van der Waals surface area contributed by atoms with Crippen LogP contribution in [-0.2, 0) is 9.47 Å². The van der Waals surface area contributed by atoms with E-state index in [1.165, 1.54) is 12.8 Å². The number of aliphatic hydroxyl groups is 1. The van der Waals surface area contributed by atoms with Gasteiger partial charge in [0.15, 0.2) is 5.79 Å². The molecule has 0 saturated carbocycles. The molecule has 3 nitrogen and oxygen atoms in total. The molecule has 2 unspecified atom stereocenters. The van der Waals surface area contributed by atoms with Gasteiger partial charge in [-0.1, -0.05) is 33.1 Å². The summed E-state index contributed by atoms with van der Waals surface area (Å²) in [5.41, 5.74) is 0. The summed E-state index contributed by atoms with van der Waals surface area (Å²) in [6, 6.07) is 0. The molecule has 1 aliphatic heterocycles. The van der Waals surface area contributed by atoms with Gasteiger partial charge in [-0.3, -0.25) is 0 Å². The summed E-state index contributed by atoms with van der Waals surface area (Å²) in [6.07, 6.45) is 6.72. The van der Waals surface area contributed by atoms with Gasteiger partial charge in [0.1, 0.15) is 0 Å². The van der Waals surface area contributed by atoms with Crippen molar-refractivity contribution >= 4 is 0 Å². The quantitative estimate of drug-likeness (QED) is 0.667. The number of hydrogen-bond donors (Lipinski definition) is 1. The SMILES string of the molecule is CC(C)CC1(C)OCC(CCCCCCO)O1. The van der Waals surface area contributed by atoms with Crippen LogP contribution < -0.4 is 0 Å². The average Bonchev–Trinajstić information content (AvgIpc) is 2.58. The van der Waals surface area contributed by atoms with Crippen molar-refractivity contribution in [2.24, 2.45) is 5.92 Å². The highest BCUT2D eigenvalue weighted by Gasteiger charge is 2.37. The maximum Gasteiger partial charge on any atom is 0.166 e. The van der Waals surface area contributed by atoms with E-state index >= 15 is 0 Å². The molecule has 1 fully saturated rings. The van der Waals surface area contributed by atoms with Crippen LogP contribution >= 0.6 is 0 Å². The lowest BCUT2D eigenvalue weighted by molar-refractivity contribution is -0.164. The fraction of sp³-hybridized carbons (Fsp3) is 1.00. The predicted molar refractivity (Wildman–Crippen MR) is 68.9 cm³/mol. The van der Waals surface area contributed by atoms with Gasteiger partial charge in [-0.25, -0.2) is 0 Å². The number of unbranched alkanes of at least 4 members (excludes halogenated alkanes) is 3. The standard InChI is InChI=1S/C14H28O3/c1-12(2)10-14(3)16-11-13(17-14)8-6-4-5-7-9-15/h12-13,15H,4-11H2,1-3H3. The van der Waals surface area contributed by atoms with Gasteiger partial charge in [0.25, 0.3) is 0 Å². The largest absolute Gasteiger partial charge is 0.396 e. The van der Waals surface area contributed by atoms with Crippen molar-refractivity contribution in [3.63, 3.8) is 0 Å². The van der Waals surface area contributed by atoms with Crippen LogP contribution in [0.3, 0.4) is 0 Å². The molecule has 0 aliphatic carbocycles. The second-order valence-electron chi connectivity index (χ2n) is 5.71. The predicted octanol–water partition coefficient (Wildman–Crippen LogP) is 3.11. The summed E-state index contributed by atoms with van der Waals surface area (Å²) < 4.78 is 11.8. The van der Waals surface area contributed by atoms with E-state index in [4.69, 9.17) is 14.6 Å². The van der Waals surface area contributed by atoms with Gasteiger partial charge < -0.3 is 14.6 Å². The Bertz CT molecular complexity index is 206. The first kappa shape index (κ1) is 14.9. The Morgan fingerprint density at radius 2 is 1.94 bits per heavy atom. The van der Waals surface area contributed by atoms with E-state index in [0.29, 0.717) is 12.5 Å². The fourth-order valence-electron chi connectivity index (χ4n) is 2.52. The molecule has 0 aromatic rings. The molecule has 0 bridgehead atoms. The van der Waals surface area contributed by atoms with Crippen LogP contribution in [0.2, 0.25) is 0 Å². The van der Waals surface area contributed by atoms with Gasteiger partial charge in [-0.05, 0) is 25.7 Å². The van der Waals surface area contributed by atoms with Crippen molar-refractivity contribution in [1.82, 2.24) is 0 Å². The zero-order valence-electron chi connectivity index (χ0n) is 11.6. The zero-order valence-corrected chi connectivity index (χ0v) is 11.6. The summed E-state index contributed by atoms with van der Waals surface area (Å²) in [5.74, 6) is 0.243. The van der Waals surface area contributed by atoms with Crippen LogP contribution in [0.5, 0.6) is 0 Å².